The highest BCUT2D eigenvalue weighted by Gasteiger charge is 2.26. The topological polar surface area (TPSA) is 55.5 Å². The van der Waals surface area contributed by atoms with Crippen LogP contribution in [0.25, 0.3) is 5.69 Å². The van der Waals surface area contributed by atoms with Crippen LogP contribution < -0.4 is 0 Å². The maximum absolute atomic E-state index is 14.5. The minimum Gasteiger partial charge on any atom is -0.291 e. The van der Waals surface area contributed by atoms with Crippen LogP contribution in [-0.2, 0) is 18.0 Å². The van der Waals surface area contributed by atoms with E-state index in [-0.39, 0.29) is 24.4 Å². The molecule has 3 aromatic rings. The first-order valence-corrected chi connectivity index (χ1v) is 8.86. The summed E-state index contributed by atoms with van der Waals surface area (Å²) in [4.78, 5) is 9.96. The Morgan fingerprint density at radius 1 is 1.14 bits per heavy atom. The van der Waals surface area contributed by atoms with Crippen molar-refractivity contribution in [3.05, 3.63) is 75.8 Å². The molecule has 0 saturated carbocycles. The second-order valence-electron chi connectivity index (χ2n) is 6.38. The molecule has 0 atom stereocenters. The van der Waals surface area contributed by atoms with Crippen molar-refractivity contribution in [1.29, 1.82) is 0 Å². The molecule has 144 valence electrons. The Bertz CT molecular complexity index is 1060. The SMILES string of the molecule is CN(C)OCc1nnc2n1-c1ccc(Cl)cc1C(c1c(F)cccc1F)=NC2. The summed E-state index contributed by atoms with van der Waals surface area (Å²) in [7, 11) is 3.52. The summed E-state index contributed by atoms with van der Waals surface area (Å²) in [6, 6.07) is 8.80. The monoisotopic (exact) mass is 403 g/mol. The quantitative estimate of drug-likeness (QED) is 0.625. The number of hydrogen-bond donors (Lipinski definition) is 0. The molecule has 0 unspecified atom stereocenters. The summed E-state index contributed by atoms with van der Waals surface area (Å²) >= 11 is 6.19. The number of fused-ring (bicyclic) bond motifs is 3. The van der Waals surface area contributed by atoms with Gasteiger partial charge in [0, 0.05) is 24.7 Å². The van der Waals surface area contributed by atoms with Crippen molar-refractivity contribution in [2.45, 2.75) is 13.2 Å². The van der Waals surface area contributed by atoms with Gasteiger partial charge in [-0.1, -0.05) is 17.7 Å². The average molecular weight is 404 g/mol. The van der Waals surface area contributed by atoms with Crippen molar-refractivity contribution in [3.8, 4) is 5.69 Å². The van der Waals surface area contributed by atoms with Crippen LogP contribution >= 0.6 is 11.6 Å². The van der Waals surface area contributed by atoms with Crippen LogP contribution in [0.3, 0.4) is 0 Å². The van der Waals surface area contributed by atoms with E-state index in [4.69, 9.17) is 16.4 Å². The normalized spacial score (nSPS) is 13.1. The van der Waals surface area contributed by atoms with Gasteiger partial charge in [-0.2, -0.15) is 5.06 Å². The number of hydrogen-bond acceptors (Lipinski definition) is 5. The van der Waals surface area contributed by atoms with Crippen molar-refractivity contribution >= 4 is 17.3 Å². The second-order valence-corrected chi connectivity index (χ2v) is 6.81. The van der Waals surface area contributed by atoms with Gasteiger partial charge in [-0.25, -0.2) is 8.78 Å². The van der Waals surface area contributed by atoms with Crippen molar-refractivity contribution in [1.82, 2.24) is 19.8 Å². The Balaban J connectivity index is 1.92. The number of rotatable bonds is 4. The van der Waals surface area contributed by atoms with E-state index in [1.807, 2.05) is 0 Å². The molecule has 0 saturated heterocycles. The fraction of sp³-hybridized carbons (Fsp3) is 0.211. The number of halogens is 3. The molecule has 0 radical (unpaired) electrons. The van der Waals surface area contributed by atoms with Gasteiger partial charge in [0.25, 0.3) is 0 Å². The first-order chi connectivity index (χ1) is 13.5. The third kappa shape index (κ3) is 3.30. The van der Waals surface area contributed by atoms with Gasteiger partial charge in [-0.3, -0.25) is 14.4 Å². The van der Waals surface area contributed by atoms with E-state index in [0.717, 1.165) is 0 Å². The molecule has 2 heterocycles. The summed E-state index contributed by atoms with van der Waals surface area (Å²) in [5, 5.41) is 10.3. The first-order valence-electron chi connectivity index (χ1n) is 8.48. The molecule has 0 aliphatic carbocycles. The molecule has 9 heteroatoms. The van der Waals surface area contributed by atoms with Crippen molar-refractivity contribution in [2.24, 2.45) is 4.99 Å². The van der Waals surface area contributed by atoms with Crippen molar-refractivity contribution in [3.63, 3.8) is 0 Å². The molecule has 0 bridgehead atoms. The molecular formula is C19H16ClF2N5O. The Kier molecular flexibility index (Phi) is 4.92. The highest BCUT2D eigenvalue weighted by atomic mass is 35.5. The first kappa shape index (κ1) is 18.7. The van der Waals surface area contributed by atoms with Gasteiger partial charge in [0.2, 0.25) is 0 Å². The molecule has 0 N–H and O–H groups in total. The van der Waals surface area contributed by atoms with Gasteiger partial charge in [0.1, 0.15) is 24.8 Å². The van der Waals surface area contributed by atoms with E-state index in [0.29, 0.717) is 27.9 Å². The standard InChI is InChI=1S/C19H16ClF2N5O/c1-26(2)28-10-17-25-24-16-9-23-19(18-13(21)4-3-5-14(18)22)12-8-11(20)6-7-15(12)27(16)17/h3-8H,9-10H2,1-2H3. The largest absolute Gasteiger partial charge is 0.291 e. The molecule has 1 aliphatic heterocycles. The highest BCUT2D eigenvalue weighted by Crippen LogP contribution is 2.30. The molecular weight excluding hydrogens is 388 g/mol. The van der Waals surface area contributed by atoms with E-state index in [1.54, 1.807) is 41.9 Å². The second kappa shape index (κ2) is 7.38. The fourth-order valence-corrected chi connectivity index (χ4v) is 3.25. The van der Waals surface area contributed by atoms with E-state index in [9.17, 15) is 8.78 Å². The Morgan fingerprint density at radius 2 is 1.89 bits per heavy atom. The number of aliphatic imine (C=N–C) groups is 1. The molecule has 1 aliphatic rings. The number of benzene rings is 2. The molecule has 28 heavy (non-hydrogen) atoms. The third-order valence-electron chi connectivity index (χ3n) is 4.28. The maximum Gasteiger partial charge on any atom is 0.165 e. The molecule has 1 aromatic heterocycles. The molecule has 6 nitrogen and oxygen atoms in total. The van der Waals surface area contributed by atoms with Crippen LogP contribution in [0.2, 0.25) is 5.02 Å². The number of aromatic nitrogens is 3. The van der Waals surface area contributed by atoms with Crippen molar-refractivity contribution in [2.75, 3.05) is 14.1 Å². The van der Waals surface area contributed by atoms with Crippen molar-refractivity contribution < 1.29 is 13.6 Å². The lowest BCUT2D eigenvalue weighted by molar-refractivity contribution is -0.133. The van der Waals surface area contributed by atoms with Crippen LogP contribution in [0.4, 0.5) is 8.78 Å². The van der Waals surface area contributed by atoms with Gasteiger partial charge in [-0.05, 0) is 30.3 Å². The zero-order valence-corrected chi connectivity index (χ0v) is 15.9. The summed E-state index contributed by atoms with van der Waals surface area (Å²) in [6.07, 6.45) is 0. The molecule has 0 fully saturated rings. The molecule has 0 amide bonds. The van der Waals surface area contributed by atoms with Gasteiger partial charge < -0.3 is 0 Å². The van der Waals surface area contributed by atoms with Gasteiger partial charge in [0.15, 0.2) is 11.6 Å². The summed E-state index contributed by atoms with van der Waals surface area (Å²) < 4.78 is 30.8. The predicted molar refractivity (Wildman–Crippen MR) is 101 cm³/mol. The predicted octanol–water partition coefficient (Wildman–Crippen LogP) is 3.54. The lowest BCUT2D eigenvalue weighted by Crippen LogP contribution is -2.16. The number of hydroxylamine groups is 2. The van der Waals surface area contributed by atoms with E-state index in [2.05, 4.69) is 15.2 Å². The van der Waals surface area contributed by atoms with Gasteiger partial charge in [0.05, 0.1) is 17.0 Å². The highest BCUT2D eigenvalue weighted by molar-refractivity contribution is 6.31. The van der Waals surface area contributed by atoms with E-state index in [1.165, 1.54) is 18.2 Å². The smallest absolute Gasteiger partial charge is 0.165 e. The zero-order valence-electron chi connectivity index (χ0n) is 15.2. The van der Waals surface area contributed by atoms with E-state index >= 15 is 0 Å². The van der Waals surface area contributed by atoms with E-state index < -0.39 is 11.6 Å². The minimum atomic E-state index is -0.696. The molecule has 2 aromatic carbocycles. The Morgan fingerprint density at radius 3 is 2.61 bits per heavy atom. The third-order valence-corrected chi connectivity index (χ3v) is 4.52. The van der Waals surface area contributed by atoms with Gasteiger partial charge >= 0.3 is 0 Å². The van der Waals surface area contributed by atoms with Crippen LogP contribution in [0.5, 0.6) is 0 Å². The fourth-order valence-electron chi connectivity index (χ4n) is 3.08. The summed E-state index contributed by atoms with van der Waals surface area (Å²) in [5.74, 6) is -0.317. The van der Waals surface area contributed by atoms with Gasteiger partial charge in [-0.15, -0.1) is 10.2 Å². The van der Waals surface area contributed by atoms with Crippen LogP contribution in [-0.4, -0.2) is 39.6 Å². The summed E-state index contributed by atoms with van der Waals surface area (Å²) in [5.41, 5.74) is 1.09. The Hall–Kier alpha value is -2.68. The zero-order chi connectivity index (χ0) is 19.8. The minimum absolute atomic E-state index is 0.102. The van der Waals surface area contributed by atoms with Crippen LogP contribution in [0.15, 0.2) is 41.4 Å². The maximum atomic E-state index is 14.5. The molecule has 4 rings (SSSR count). The Labute approximate surface area is 165 Å². The lowest BCUT2D eigenvalue weighted by atomic mass is 9.99. The van der Waals surface area contributed by atoms with Crippen LogP contribution in [0.1, 0.15) is 22.8 Å². The average Bonchev–Trinajstić information content (AvgIpc) is 2.98. The van der Waals surface area contributed by atoms with Crippen LogP contribution in [0, 0.1) is 11.6 Å². The molecule has 0 spiro atoms. The lowest BCUT2D eigenvalue weighted by Gasteiger charge is -2.15. The summed E-state index contributed by atoms with van der Waals surface area (Å²) in [6.45, 7) is 0.274. The number of nitrogens with zero attached hydrogens (tertiary/aromatic N) is 5.